The Labute approximate surface area is 142 Å². The maximum absolute atomic E-state index is 11.5. The Morgan fingerprint density at radius 3 is 2.87 bits per heavy atom. The number of likely N-dealkylation sites (tertiary alicyclic amines) is 1. The molecule has 2 aliphatic heterocycles. The summed E-state index contributed by atoms with van der Waals surface area (Å²) < 4.78 is 0. The van der Waals surface area contributed by atoms with Crippen LogP contribution in [0.1, 0.15) is 31.2 Å². The van der Waals surface area contributed by atoms with Gasteiger partial charge in [0, 0.05) is 39.6 Å². The van der Waals surface area contributed by atoms with Gasteiger partial charge in [-0.25, -0.2) is 0 Å². The minimum absolute atomic E-state index is 0.216. The summed E-state index contributed by atoms with van der Waals surface area (Å²) in [4.78, 5) is 18.6. The van der Waals surface area contributed by atoms with Crippen LogP contribution in [0.2, 0.25) is 0 Å². The molecule has 0 spiro atoms. The molecule has 0 saturated carbocycles. The summed E-state index contributed by atoms with van der Waals surface area (Å²) in [6, 6.07) is 0. The first-order chi connectivity index (χ1) is 11.2. The van der Waals surface area contributed by atoms with E-state index in [4.69, 9.17) is 0 Å². The quantitative estimate of drug-likeness (QED) is 0.829. The van der Waals surface area contributed by atoms with Gasteiger partial charge in [-0.3, -0.25) is 9.69 Å². The van der Waals surface area contributed by atoms with Gasteiger partial charge in [-0.05, 0) is 38.3 Å². The second-order valence-corrected chi connectivity index (χ2v) is 7.65. The molecule has 2 fully saturated rings. The van der Waals surface area contributed by atoms with Crippen molar-refractivity contribution in [2.75, 3.05) is 45.8 Å². The highest BCUT2D eigenvalue weighted by Crippen LogP contribution is 2.20. The molecule has 3 rings (SSSR count). The first-order valence-electron chi connectivity index (χ1n) is 8.66. The van der Waals surface area contributed by atoms with E-state index in [1.165, 1.54) is 25.9 Å². The van der Waals surface area contributed by atoms with Crippen LogP contribution >= 0.6 is 11.3 Å². The van der Waals surface area contributed by atoms with Gasteiger partial charge in [-0.1, -0.05) is 0 Å². The van der Waals surface area contributed by atoms with E-state index in [0.717, 1.165) is 56.6 Å². The number of rotatable bonds is 4. The van der Waals surface area contributed by atoms with E-state index < -0.39 is 0 Å². The predicted octanol–water partition coefficient (Wildman–Crippen LogP) is 1.30. The number of amides is 1. The Bertz CT molecular complexity index is 495. The first-order valence-corrected chi connectivity index (χ1v) is 9.54. The van der Waals surface area contributed by atoms with E-state index in [1.807, 2.05) is 10.4 Å². The van der Waals surface area contributed by atoms with Crippen molar-refractivity contribution >= 4 is 17.2 Å². The lowest BCUT2D eigenvalue weighted by Crippen LogP contribution is -2.42. The van der Waals surface area contributed by atoms with Crippen LogP contribution in [0.3, 0.4) is 0 Å². The van der Waals surface area contributed by atoms with Crippen LogP contribution < -0.4 is 0 Å². The van der Waals surface area contributed by atoms with Crippen LogP contribution in [-0.2, 0) is 11.3 Å². The SMILES string of the molecule is CC(=O)N1CCCN(CC2CCCN(Cc3nncs3)C2)CC1. The van der Waals surface area contributed by atoms with E-state index in [9.17, 15) is 4.79 Å². The van der Waals surface area contributed by atoms with Gasteiger partial charge in [-0.15, -0.1) is 21.5 Å². The summed E-state index contributed by atoms with van der Waals surface area (Å²) in [7, 11) is 0. The maximum Gasteiger partial charge on any atom is 0.219 e. The molecule has 0 aliphatic carbocycles. The van der Waals surface area contributed by atoms with E-state index in [-0.39, 0.29) is 5.91 Å². The average molecular weight is 337 g/mol. The normalized spacial score (nSPS) is 24.6. The van der Waals surface area contributed by atoms with Crippen molar-refractivity contribution in [2.45, 2.75) is 32.7 Å². The van der Waals surface area contributed by atoms with Gasteiger partial charge >= 0.3 is 0 Å². The number of piperidine rings is 1. The molecular weight excluding hydrogens is 310 g/mol. The maximum atomic E-state index is 11.5. The number of aromatic nitrogens is 2. The molecular formula is C16H27N5OS. The monoisotopic (exact) mass is 337 g/mol. The second kappa shape index (κ2) is 8.17. The van der Waals surface area contributed by atoms with Gasteiger partial charge in [0.15, 0.2) is 0 Å². The largest absolute Gasteiger partial charge is 0.342 e. The molecule has 23 heavy (non-hydrogen) atoms. The van der Waals surface area contributed by atoms with Crippen molar-refractivity contribution in [3.63, 3.8) is 0 Å². The highest BCUT2D eigenvalue weighted by atomic mass is 32.1. The van der Waals surface area contributed by atoms with Gasteiger partial charge in [0.2, 0.25) is 5.91 Å². The van der Waals surface area contributed by atoms with Gasteiger partial charge < -0.3 is 9.80 Å². The van der Waals surface area contributed by atoms with Crippen molar-refractivity contribution in [2.24, 2.45) is 5.92 Å². The average Bonchev–Trinajstić information content (AvgIpc) is 2.92. The van der Waals surface area contributed by atoms with Crippen molar-refractivity contribution in [3.05, 3.63) is 10.5 Å². The van der Waals surface area contributed by atoms with Gasteiger partial charge in [0.05, 0.1) is 6.54 Å². The molecule has 128 valence electrons. The first kappa shape index (κ1) is 16.8. The Balaban J connectivity index is 1.46. The van der Waals surface area contributed by atoms with Gasteiger partial charge in [0.1, 0.15) is 10.5 Å². The van der Waals surface area contributed by atoms with Crippen molar-refractivity contribution in [1.29, 1.82) is 0 Å². The van der Waals surface area contributed by atoms with Crippen molar-refractivity contribution in [3.8, 4) is 0 Å². The number of carbonyl (C=O) groups is 1. The molecule has 3 heterocycles. The lowest BCUT2D eigenvalue weighted by Gasteiger charge is -2.35. The molecule has 1 aromatic heterocycles. The standard InChI is InChI=1S/C16H27N5OS/c1-14(22)21-7-3-6-19(8-9-21)10-15-4-2-5-20(11-15)12-16-18-17-13-23-16/h13,15H,2-12H2,1H3. The summed E-state index contributed by atoms with van der Waals surface area (Å²) in [6.45, 7) is 10.1. The van der Waals surface area contributed by atoms with Crippen LogP contribution in [0.25, 0.3) is 0 Å². The minimum Gasteiger partial charge on any atom is -0.342 e. The van der Waals surface area contributed by atoms with Gasteiger partial charge in [-0.2, -0.15) is 0 Å². The molecule has 1 amide bonds. The number of hydrogen-bond donors (Lipinski definition) is 0. The molecule has 1 aromatic rings. The second-order valence-electron chi connectivity index (χ2n) is 6.74. The number of carbonyl (C=O) groups excluding carboxylic acids is 1. The molecule has 0 aromatic carbocycles. The summed E-state index contributed by atoms with van der Waals surface area (Å²) in [5, 5.41) is 9.22. The summed E-state index contributed by atoms with van der Waals surface area (Å²) in [5.41, 5.74) is 1.81. The van der Waals surface area contributed by atoms with Crippen molar-refractivity contribution in [1.82, 2.24) is 24.9 Å². The molecule has 7 heteroatoms. The van der Waals surface area contributed by atoms with E-state index in [2.05, 4.69) is 20.0 Å². The molecule has 0 radical (unpaired) electrons. The minimum atomic E-state index is 0.216. The predicted molar refractivity (Wildman–Crippen MR) is 91.2 cm³/mol. The molecule has 6 nitrogen and oxygen atoms in total. The van der Waals surface area contributed by atoms with Crippen LogP contribution in [-0.4, -0.2) is 76.6 Å². The zero-order chi connectivity index (χ0) is 16.1. The van der Waals surface area contributed by atoms with Crippen LogP contribution in [0.15, 0.2) is 5.51 Å². The topological polar surface area (TPSA) is 52.6 Å². The molecule has 0 N–H and O–H groups in total. The van der Waals surface area contributed by atoms with Crippen LogP contribution in [0, 0.1) is 5.92 Å². The summed E-state index contributed by atoms with van der Waals surface area (Å²) in [5.74, 6) is 0.952. The smallest absolute Gasteiger partial charge is 0.219 e. The molecule has 1 atom stereocenters. The Hall–Kier alpha value is -1.05. The third kappa shape index (κ3) is 4.96. The third-order valence-corrected chi connectivity index (χ3v) is 5.60. The summed E-state index contributed by atoms with van der Waals surface area (Å²) in [6.07, 6.45) is 3.69. The summed E-state index contributed by atoms with van der Waals surface area (Å²) >= 11 is 1.65. The van der Waals surface area contributed by atoms with Crippen LogP contribution in [0.4, 0.5) is 0 Å². The molecule has 2 saturated heterocycles. The van der Waals surface area contributed by atoms with E-state index >= 15 is 0 Å². The number of nitrogens with zero attached hydrogens (tertiary/aromatic N) is 5. The van der Waals surface area contributed by atoms with Gasteiger partial charge in [0.25, 0.3) is 0 Å². The Morgan fingerprint density at radius 1 is 1.22 bits per heavy atom. The lowest BCUT2D eigenvalue weighted by atomic mass is 9.97. The Morgan fingerprint density at radius 2 is 2.09 bits per heavy atom. The molecule has 2 aliphatic rings. The van der Waals surface area contributed by atoms with E-state index in [1.54, 1.807) is 18.3 Å². The fourth-order valence-corrected chi connectivity index (χ4v) is 4.30. The fraction of sp³-hybridized carbons (Fsp3) is 0.812. The highest BCUT2D eigenvalue weighted by molar-refractivity contribution is 7.09. The molecule has 0 bridgehead atoms. The third-order valence-electron chi connectivity index (χ3n) is 4.92. The lowest BCUT2D eigenvalue weighted by molar-refractivity contribution is -0.128. The van der Waals surface area contributed by atoms with Crippen molar-refractivity contribution < 1.29 is 4.79 Å². The zero-order valence-corrected chi connectivity index (χ0v) is 14.8. The number of hydrogen-bond acceptors (Lipinski definition) is 6. The molecule has 1 unspecified atom stereocenters. The zero-order valence-electron chi connectivity index (χ0n) is 14.0. The Kier molecular flexibility index (Phi) is 5.96. The van der Waals surface area contributed by atoms with E-state index in [0.29, 0.717) is 0 Å². The highest BCUT2D eigenvalue weighted by Gasteiger charge is 2.24. The van der Waals surface area contributed by atoms with Crippen LogP contribution in [0.5, 0.6) is 0 Å². The fourth-order valence-electron chi connectivity index (χ4n) is 3.73.